The summed E-state index contributed by atoms with van der Waals surface area (Å²) in [6.07, 6.45) is 0.214. The number of hydrogen-bond donors (Lipinski definition) is 1. The number of benzene rings is 2. The second-order valence-electron chi connectivity index (χ2n) is 5.57. The Balaban J connectivity index is 1.79. The molecule has 0 saturated carbocycles. The van der Waals surface area contributed by atoms with E-state index in [1.54, 1.807) is 18.2 Å². The van der Waals surface area contributed by atoms with E-state index in [2.05, 4.69) is 5.32 Å². The molecule has 0 bridgehead atoms. The van der Waals surface area contributed by atoms with Gasteiger partial charge in [0.25, 0.3) is 5.91 Å². The Hall–Kier alpha value is -2.53. The quantitative estimate of drug-likeness (QED) is 0.756. The summed E-state index contributed by atoms with van der Waals surface area (Å²) in [4.78, 5) is 23.8. The summed E-state index contributed by atoms with van der Waals surface area (Å²) in [5.41, 5.74) is 1.56. The van der Waals surface area contributed by atoms with Crippen LogP contribution in [0.1, 0.15) is 24.8 Å². The predicted octanol–water partition coefficient (Wildman–Crippen LogP) is 4.02. The number of amides is 1. The molecule has 0 fully saturated rings. The van der Waals surface area contributed by atoms with Crippen LogP contribution < -0.4 is 10.1 Å². The molecule has 25 heavy (non-hydrogen) atoms. The van der Waals surface area contributed by atoms with Crippen LogP contribution in [0, 0.1) is 0 Å². The van der Waals surface area contributed by atoms with Gasteiger partial charge < -0.3 is 14.8 Å². The molecule has 1 amide bonds. The average Bonchev–Trinajstić information content (AvgIpc) is 2.61. The van der Waals surface area contributed by atoms with Crippen LogP contribution in [-0.4, -0.2) is 25.6 Å². The van der Waals surface area contributed by atoms with Crippen LogP contribution in [0.15, 0.2) is 48.5 Å². The standard InChI is InChI=1S/C19H20ClNO4/c1-13(14-6-4-3-5-7-14)10-19(23)25-12-18(22)21-15-8-9-17(24-2)16(20)11-15/h3-9,11,13H,10,12H2,1-2H3,(H,21,22)/t13-/m1/s1. The molecule has 0 aromatic heterocycles. The second kappa shape index (κ2) is 9.08. The lowest BCUT2D eigenvalue weighted by molar-refractivity contribution is -0.147. The van der Waals surface area contributed by atoms with E-state index in [4.69, 9.17) is 21.1 Å². The van der Waals surface area contributed by atoms with E-state index < -0.39 is 11.9 Å². The van der Waals surface area contributed by atoms with Crippen LogP contribution in [0.3, 0.4) is 0 Å². The summed E-state index contributed by atoms with van der Waals surface area (Å²) in [5, 5.41) is 3.00. The Morgan fingerprint density at radius 1 is 1.16 bits per heavy atom. The lowest BCUT2D eigenvalue weighted by Gasteiger charge is -2.12. The number of ether oxygens (including phenoxy) is 2. The molecule has 5 nitrogen and oxygen atoms in total. The smallest absolute Gasteiger partial charge is 0.306 e. The summed E-state index contributed by atoms with van der Waals surface area (Å²) in [6.45, 7) is 1.60. The summed E-state index contributed by atoms with van der Waals surface area (Å²) < 4.78 is 10.1. The molecule has 0 unspecified atom stereocenters. The van der Waals surface area contributed by atoms with Gasteiger partial charge in [-0.15, -0.1) is 0 Å². The molecule has 2 rings (SSSR count). The zero-order valence-corrected chi connectivity index (χ0v) is 14.9. The fraction of sp³-hybridized carbons (Fsp3) is 0.263. The number of esters is 1. The zero-order valence-electron chi connectivity index (χ0n) is 14.1. The van der Waals surface area contributed by atoms with Crippen molar-refractivity contribution in [3.8, 4) is 5.75 Å². The fourth-order valence-corrected chi connectivity index (χ4v) is 2.55. The first-order valence-electron chi connectivity index (χ1n) is 7.83. The topological polar surface area (TPSA) is 64.6 Å². The van der Waals surface area contributed by atoms with Crippen LogP contribution in [0.4, 0.5) is 5.69 Å². The maximum Gasteiger partial charge on any atom is 0.306 e. The fourth-order valence-electron chi connectivity index (χ4n) is 2.30. The molecule has 1 N–H and O–H groups in total. The molecular formula is C19H20ClNO4. The van der Waals surface area contributed by atoms with E-state index in [0.717, 1.165) is 5.56 Å². The van der Waals surface area contributed by atoms with E-state index in [0.29, 0.717) is 16.5 Å². The molecule has 1 atom stereocenters. The second-order valence-corrected chi connectivity index (χ2v) is 5.98. The van der Waals surface area contributed by atoms with Gasteiger partial charge in [-0.1, -0.05) is 48.9 Å². The summed E-state index contributed by atoms with van der Waals surface area (Å²) in [5.74, 6) is -0.306. The van der Waals surface area contributed by atoms with E-state index in [-0.39, 0.29) is 18.9 Å². The van der Waals surface area contributed by atoms with E-state index in [1.807, 2.05) is 37.3 Å². The van der Waals surface area contributed by atoms with Crippen molar-refractivity contribution in [2.75, 3.05) is 19.0 Å². The van der Waals surface area contributed by atoms with Gasteiger partial charge in [-0.05, 0) is 29.7 Å². The predicted molar refractivity (Wildman–Crippen MR) is 97.1 cm³/mol. The number of carbonyl (C=O) groups excluding carboxylic acids is 2. The third kappa shape index (κ3) is 5.80. The minimum Gasteiger partial charge on any atom is -0.495 e. The lowest BCUT2D eigenvalue weighted by Crippen LogP contribution is -2.21. The monoisotopic (exact) mass is 361 g/mol. The van der Waals surface area contributed by atoms with Crippen LogP contribution in [0.25, 0.3) is 0 Å². The van der Waals surface area contributed by atoms with Crippen molar-refractivity contribution in [3.63, 3.8) is 0 Å². The highest BCUT2D eigenvalue weighted by Crippen LogP contribution is 2.27. The van der Waals surface area contributed by atoms with Crippen molar-refractivity contribution in [2.45, 2.75) is 19.3 Å². The van der Waals surface area contributed by atoms with Crippen LogP contribution in [0.2, 0.25) is 5.02 Å². The van der Waals surface area contributed by atoms with Gasteiger partial charge in [-0.2, -0.15) is 0 Å². The number of nitrogens with one attached hydrogen (secondary N) is 1. The first-order chi connectivity index (χ1) is 12.0. The first kappa shape index (κ1) is 18.8. The summed E-state index contributed by atoms with van der Waals surface area (Å²) >= 11 is 5.99. The molecule has 0 aliphatic carbocycles. The van der Waals surface area contributed by atoms with Gasteiger partial charge >= 0.3 is 5.97 Å². The molecule has 0 saturated heterocycles. The lowest BCUT2D eigenvalue weighted by atomic mass is 9.98. The molecule has 2 aromatic carbocycles. The molecule has 0 aliphatic rings. The van der Waals surface area contributed by atoms with E-state index in [9.17, 15) is 9.59 Å². The van der Waals surface area contributed by atoms with Crippen LogP contribution >= 0.6 is 11.6 Å². The van der Waals surface area contributed by atoms with Crippen molar-refractivity contribution in [3.05, 3.63) is 59.1 Å². The van der Waals surface area contributed by atoms with Gasteiger partial charge in [-0.3, -0.25) is 9.59 Å². The first-order valence-corrected chi connectivity index (χ1v) is 8.21. The van der Waals surface area contributed by atoms with Crippen molar-refractivity contribution < 1.29 is 19.1 Å². The van der Waals surface area contributed by atoms with Gasteiger partial charge in [0.2, 0.25) is 0 Å². The molecule has 2 aromatic rings. The largest absolute Gasteiger partial charge is 0.495 e. The Kier molecular flexibility index (Phi) is 6.83. The molecule has 132 valence electrons. The van der Waals surface area contributed by atoms with Gasteiger partial charge in [0.15, 0.2) is 6.61 Å². The van der Waals surface area contributed by atoms with Crippen molar-refractivity contribution in [1.82, 2.24) is 0 Å². The molecule has 6 heteroatoms. The average molecular weight is 362 g/mol. The van der Waals surface area contributed by atoms with Crippen molar-refractivity contribution in [1.29, 1.82) is 0 Å². The summed E-state index contributed by atoms with van der Waals surface area (Å²) in [6, 6.07) is 14.5. The Labute approximate surface area is 151 Å². The number of rotatable bonds is 7. The molecular weight excluding hydrogens is 342 g/mol. The zero-order chi connectivity index (χ0) is 18.2. The van der Waals surface area contributed by atoms with Crippen LogP contribution in [0.5, 0.6) is 5.75 Å². The van der Waals surface area contributed by atoms with Crippen molar-refractivity contribution >= 4 is 29.2 Å². The maximum atomic E-state index is 11.9. The maximum absolute atomic E-state index is 11.9. The molecule has 0 aliphatic heterocycles. The number of anilines is 1. The van der Waals surface area contributed by atoms with Gasteiger partial charge in [0.1, 0.15) is 5.75 Å². The normalized spacial score (nSPS) is 11.5. The van der Waals surface area contributed by atoms with Crippen LogP contribution in [-0.2, 0) is 14.3 Å². The van der Waals surface area contributed by atoms with Gasteiger partial charge in [-0.25, -0.2) is 0 Å². The Morgan fingerprint density at radius 3 is 2.52 bits per heavy atom. The molecule has 0 radical (unpaired) electrons. The Bertz CT molecular complexity index is 733. The SMILES string of the molecule is COc1ccc(NC(=O)COC(=O)C[C@@H](C)c2ccccc2)cc1Cl. The highest BCUT2D eigenvalue weighted by molar-refractivity contribution is 6.32. The third-order valence-corrected chi connectivity index (χ3v) is 3.94. The minimum absolute atomic E-state index is 0.0251. The minimum atomic E-state index is -0.429. The van der Waals surface area contributed by atoms with E-state index >= 15 is 0 Å². The molecule has 0 heterocycles. The van der Waals surface area contributed by atoms with Crippen molar-refractivity contribution in [2.24, 2.45) is 0 Å². The number of hydrogen-bond acceptors (Lipinski definition) is 4. The number of carbonyl (C=O) groups is 2. The number of methoxy groups -OCH3 is 1. The highest BCUT2D eigenvalue weighted by atomic mass is 35.5. The van der Waals surface area contributed by atoms with Gasteiger partial charge in [0.05, 0.1) is 18.6 Å². The number of halogens is 1. The van der Waals surface area contributed by atoms with E-state index in [1.165, 1.54) is 7.11 Å². The summed E-state index contributed by atoms with van der Waals surface area (Å²) in [7, 11) is 1.51. The molecule has 0 spiro atoms. The third-order valence-electron chi connectivity index (χ3n) is 3.64. The Morgan fingerprint density at radius 2 is 1.88 bits per heavy atom. The highest BCUT2D eigenvalue weighted by Gasteiger charge is 2.14. The van der Waals surface area contributed by atoms with Gasteiger partial charge in [0, 0.05) is 5.69 Å².